The Labute approximate surface area is 79.4 Å². The van der Waals surface area contributed by atoms with Crippen molar-refractivity contribution in [3.05, 3.63) is 23.9 Å². The van der Waals surface area contributed by atoms with Crippen molar-refractivity contribution in [2.75, 3.05) is 5.32 Å². The topological polar surface area (TPSA) is 50.9 Å². The molecule has 0 fully saturated rings. The molecule has 0 saturated heterocycles. The molecule has 0 amide bonds. The minimum atomic E-state index is 0.127. The van der Waals surface area contributed by atoms with Crippen molar-refractivity contribution in [1.82, 2.24) is 4.98 Å². The van der Waals surface area contributed by atoms with E-state index in [-0.39, 0.29) is 12.1 Å². The van der Waals surface area contributed by atoms with E-state index in [0.717, 1.165) is 11.5 Å². The maximum atomic E-state index is 5.73. The first kappa shape index (κ1) is 9.99. The molecule has 0 aliphatic rings. The fourth-order valence-electron chi connectivity index (χ4n) is 0.988. The van der Waals surface area contributed by atoms with E-state index in [0.29, 0.717) is 0 Å². The molecule has 0 saturated carbocycles. The van der Waals surface area contributed by atoms with Gasteiger partial charge in [0.1, 0.15) is 5.82 Å². The zero-order chi connectivity index (χ0) is 9.84. The number of nitrogens with zero attached hydrogens (tertiary/aromatic N) is 1. The van der Waals surface area contributed by atoms with Crippen LogP contribution in [-0.4, -0.2) is 17.1 Å². The minimum absolute atomic E-state index is 0.127. The van der Waals surface area contributed by atoms with Crippen molar-refractivity contribution in [1.29, 1.82) is 0 Å². The van der Waals surface area contributed by atoms with Crippen LogP contribution in [-0.2, 0) is 0 Å². The molecule has 13 heavy (non-hydrogen) atoms. The number of anilines is 1. The van der Waals surface area contributed by atoms with E-state index < -0.39 is 0 Å². The van der Waals surface area contributed by atoms with E-state index in [4.69, 9.17) is 5.73 Å². The molecule has 1 heterocycles. The molecule has 3 heteroatoms. The molecule has 72 valence electrons. The smallest absolute Gasteiger partial charge is 0.126 e. The Bertz CT molecular complexity index is 271. The van der Waals surface area contributed by atoms with Gasteiger partial charge in [-0.25, -0.2) is 4.98 Å². The number of rotatable bonds is 3. The van der Waals surface area contributed by atoms with Gasteiger partial charge in [-0.15, -0.1) is 0 Å². The summed E-state index contributed by atoms with van der Waals surface area (Å²) >= 11 is 0. The summed E-state index contributed by atoms with van der Waals surface area (Å²) < 4.78 is 0. The van der Waals surface area contributed by atoms with Gasteiger partial charge in [0, 0.05) is 17.8 Å². The Morgan fingerprint density at radius 2 is 2.08 bits per heavy atom. The van der Waals surface area contributed by atoms with Gasteiger partial charge in [0.15, 0.2) is 0 Å². The van der Waals surface area contributed by atoms with E-state index in [1.54, 1.807) is 0 Å². The lowest BCUT2D eigenvalue weighted by atomic mass is 10.2. The number of aromatic nitrogens is 1. The van der Waals surface area contributed by atoms with E-state index in [1.807, 2.05) is 32.0 Å². The van der Waals surface area contributed by atoms with Crippen LogP contribution in [0.15, 0.2) is 18.2 Å². The lowest BCUT2D eigenvalue weighted by Gasteiger charge is -2.17. The van der Waals surface area contributed by atoms with Gasteiger partial charge >= 0.3 is 0 Å². The van der Waals surface area contributed by atoms with Gasteiger partial charge in [-0.05, 0) is 32.9 Å². The summed E-state index contributed by atoms with van der Waals surface area (Å²) in [4.78, 5) is 4.33. The third kappa shape index (κ3) is 3.03. The van der Waals surface area contributed by atoms with Crippen LogP contribution in [0, 0.1) is 6.92 Å². The molecule has 0 aliphatic heterocycles. The Kier molecular flexibility index (Phi) is 3.25. The molecule has 0 radical (unpaired) electrons. The monoisotopic (exact) mass is 179 g/mol. The van der Waals surface area contributed by atoms with Gasteiger partial charge in [0.2, 0.25) is 0 Å². The second-order valence-corrected chi connectivity index (χ2v) is 3.46. The van der Waals surface area contributed by atoms with Crippen LogP contribution in [0.4, 0.5) is 5.82 Å². The van der Waals surface area contributed by atoms with Crippen molar-refractivity contribution >= 4 is 5.82 Å². The molecule has 1 aromatic rings. The Morgan fingerprint density at radius 3 is 2.62 bits per heavy atom. The van der Waals surface area contributed by atoms with Gasteiger partial charge in [-0.1, -0.05) is 6.07 Å². The normalized spacial score (nSPS) is 15.1. The highest BCUT2D eigenvalue weighted by atomic mass is 15.0. The van der Waals surface area contributed by atoms with Crippen molar-refractivity contribution in [2.24, 2.45) is 5.73 Å². The summed E-state index contributed by atoms with van der Waals surface area (Å²) in [6, 6.07) is 6.28. The van der Waals surface area contributed by atoms with Gasteiger partial charge in [0.05, 0.1) is 0 Å². The number of hydrogen-bond donors (Lipinski definition) is 2. The molecule has 0 aromatic carbocycles. The lowest BCUT2D eigenvalue weighted by Crippen LogP contribution is -2.35. The summed E-state index contributed by atoms with van der Waals surface area (Å²) in [5.74, 6) is 0.893. The van der Waals surface area contributed by atoms with E-state index >= 15 is 0 Å². The number of nitrogens with two attached hydrogens (primary N) is 1. The zero-order valence-electron chi connectivity index (χ0n) is 8.41. The first-order chi connectivity index (χ1) is 6.09. The summed E-state index contributed by atoms with van der Waals surface area (Å²) in [5.41, 5.74) is 6.75. The molecule has 1 rings (SSSR count). The molecule has 2 unspecified atom stereocenters. The first-order valence-electron chi connectivity index (χ1n) is 4.55. The number of hydrogen-bond acceptors (Lipinski definition) is 3. The van der Waals surface area contributed by atoms with E-state index in [2.05, 4.69) is 17.2 Å². The molecular formula is C10H17N3. The second-order valence-electron chi connectivity index (χ2n) is 3.46. The van der Waals surface area contributed by atoms with Gasteiger partial charge in [0.25, 0.3) is 0 Å². The maximum absolute atomic E-state index is 5.73. The number of aryl methyl sites for hydroxylation is 1. The second kappa shape index (κ2) is 4.23. The van der Waals surface area contributed by atoms with Crippen LogP contribution in [0.1, 0.15) is 19.5 Å². The average Bonchev–Trinajstić information content (AvgIpc) is 2.04. The van der Waals surface area contributed by atoms with Crippen molar-refractivity contribution in [2.45, 2.75) is 32.9 Å². The predicted molar refractivity (Wildman–Crippen MR) is 55.7 cm³/mol. The summed E-state index contributed by atoms with van der Waals surface area (Å²) in [6.07, 6.45) is 0. The molecule has 0 spiro atoms. The zero-order valence-corrected chi connectivity index (χ0v) is 8.41. The standard InChI is InChI=1S/C10H17N3/c1-7-5-4-6-10(12-7)13-9(3)8(2)11/h4-6,8-9H,11H2,1-3H3,(H,12,13). The fourth-order valence-corrected chi connectivity index (χ4v) is 0.988. The van der Waals surface area contributed by atoms with Crippen molar-refractivity contribution in [3.8, 4) is 0 Å². The molecule has 0 bridgehead atoms. The van der Waals surface area contributed by atoms with Gasteiger partial charge in [-0.2, -0.15) is 0 Å². The molecule has 1 aromatic heterocycles. The Balaban J connectivity index is 2.64. The Morgan fingerprint density at radius 1 is 1.38 bits per heavy atom. The number of pyridine rings is 1. The van der Waals surface area contributed by atoms with Crippen LogP contribution < -0.4 is 11.1 Å². The SMILES string of the molecule is Cc1cccc(NC(C)C(C)N)n1. The van der Waals surface area contributed by atoms with E-state index in [9.17, 15) is 0 Å². The highest BCUT2D eigenvalue weighted by molar-refractivity contribution is 5.36. The van der Waals surface area contributed by atoms with Crippen LogP contribution in [0.2, 0.25) is 0 Å². The van der Waals surface area contributed by atoms with Crippen molar-refractivity contribution in [3.63, 3.8) is 0 Å². The first-order valence-corrected chi connectivity index (χ1v) is 4.55. The molecule has 3 nitrogen and oxygen atoms in total. The van der Waals surface area contributed by atoms with Crippen LogP contribution in [0.3, 0.4) is 0 Å². The highest BCUT2D eigenvalue weighted by Gasteiger charge is 2.06. The fraction of sp³-hybridized carbons (Fsp3) is 0.500. The average molecular weight is 179 g/mol. The van der Waals surface area contributed by atoms with Gasteiger partial charge in [-0.3, -0.25) is 0 Å². The highest BCUT2D eigenvalue weighted by Crippen LogP contribution is 2.06. The maximum Gasteiger partial charge on any atom is 0.126 e. The molecule has 0 aliphatic carbocycles. The summed E-state index contributed by atoms with van der Waals surface area (Å²) in [7, 11) is 0. The van der Waals surface area contributed by atoms with Gasteiger partial charge < -0.3 is 11.1 Å². The van der Waals surface area contributed by atoms with Crippen molar-refractivity contribution < 1.29 is 0 Å². The molecule has 2 atom stereocenters. The Hall–Kier alpha value is -1.09. The summed E-state index contributed by atoms with van der Waals surface area (Å²) in [5, 5.41) is 3.25. The third-order valence-electron chi connectivity index (χ3n) is 2.05. The lowest BCUT2D eigenvalue weighted by molar-refractivity contribution is 0.636. The van der Waals surface area contributed by atoms with Crippen LogP contribution in [0.5, 0.6) is 0 Å². The quantitative estimate of drug-likeness (QED) is 0.740. The molecular weight excluding hydrogens is 162 g/mol. The number of nitrogens with one attached hydrogen (secondary N) is 1. The van der Waals surface area contributed by atoms with Crippen LogP contribution >= 0.6 is 0 Å². The largest absolute Gasteiger partial charge is 0.366 e. The third-order valence-corrected chi connectivity index (χ3v) is 2.05. The summed E-state index contributed by atoms with van der Waals surface area (Å²) in [6.45, 7) is 6.00. The minimum Gasteiger partial charge on any atom is -0.366 e. The van der Waals surface area contributed by atoms with E-state index in [1.165, 1.54) is 0 Å². The molecule has 3 N–H and O–H groups in total. The van der Waals surface area contributed by atoms with Crippen LogP contribution in [0.25, 0.3) is 0 Å². The predicted octanol–water partition coefficient (Wildman–Crippen LogP) is 1.54.